The van der Waals surface area contributed by atoms with Crippen molar-refractivity contribution in [2.75, 3.05) is 6.61 Å². The number of halogens is 1. The minimum absolute atomic E-state index is 0.0709. The first-order chi connectivity index (χ1) is 12.4. The van der Waals surface area contributed by atoms with Gasteiger partial charge in [-0.15, -0.1) is 0 Å². The molecule has 138 valence electrons. The molecule has 26 heavy (non-hydrogen) atoms. The van der Waals surface area contributed by atoms with Crippen LogP contribution in [0, 0.1) is 0 Å². The van der Waals surface area contributed by atoms with Crippen molar-refractivity contribution >= 4 is 45.1 Å². The number of amides is 2. The average molecular weight is 440 g/mol. The number of ether oxygens (including phenoxy) is 1. The Hall–Kier alpha value is -2.39. The minimum Gasteiger partial charge on any atom is -0.483 e. The van der Waals surface area contributed by atoms with Crippen LogP contribution in [0.15, 0.2) is 45.5 Å². The van der Waals surface area contributed by atoms with Crippen molar-refractivity contribution < 1.29 is 18.7 Å². The van der Waals surface area contributed by atoms with E-state index in [2.05, 4.69) is 32.1 Å². The smallest absolute Gasteiger partial charge is 0.293 e. The van der Waals surface area contributed by atoms with Crippen LogP contribution in [0.3, 0.4) is 0 Å². The predicted molar refractivity (Wildman–Crippen MR) is 104 cm³/mol. The lowest BCUT2D eigenvalue weighted by molar-refractivity contribution is -0.123. The highest BCUT2D eigenvalue weighted by Crippen LogP contribution is 2.25. The highest BCUT2D eigenvalue weighted by Gasteiger charge is 2.13. The standard InChI is InChI=1S/C17H18BrN3O4S/c1-10(2)11-5-3-4-6-12(11)24-9-15(22)20-21-17(26)19-16(23)13-7-8-14(18)25-13/h3-8,10H,9H2,1-2H3,(H,20,22)(H2,19,21,23,26). The fraction of sp³-hybridized carbons (Fsp3) is 0.235. The maximum Gasteiger partial charge on any atom is 0.293 e. The summed E-state index contributed by atoms with van der Waals surface area (Å²) in [4.78, 5) is 23.7. The van der Waals surface area contributed by atoms with Gasteiger partial charge >= 0.3 is 0 Å². The Bertz CT molecular complexity index is 807. The molecule has 9 heteroatoms. The normalized spacial score (nSPS) is 10.3. The largest absolute Gasteiger partial charge is 0.483 e. The van der Waals surface area contributed by atoms with Gasteiger partial charge in [0, 0.05) is 0 Å². The summed E-state index contributed by atoms with van der Waals surface area (Å²) >= 11 is 8.04. The van der Waals surface area contributed by atoms with E-state index in [0.717, 1.165) is 5.56 Å². The van der Waals surface area contributed by atoms with Crippen LogP contribution in [0.2, 0.25) is 0 Å². The van der Waals surface area contributed by atoms with Gasteiger partial charge in [0.05, 0.1) is 0 Å². The Morgan fingerprint density at radius 2 is 1.92 bits per heavy atom. The number of hydrogen-bond donors (Lipinski definition) is 3. The lowest BCUT2D eigenvalue weighted by Gasteiger charge is -2.14. The molecule has 2 amide bonds. The van der Waals surface area contributed by atoms with Crippen molar-refractivity contribution in [3.8, 4) is 5.75 Å². The fourth-order valence-corrected chi connectivity index (χ4v) is 2.48. The van der Waals surface area contributed by atoms with Crippen LogP contribution in [0.25, 0.3) is 0 Å². The third-order valence-corrected chi connectivity index (χ3v) is 3.87. The predicted octanol–water partition coefficient (Wildman–Crippen LogP) is 2.88. The van der Waals surface area contributed by atoms with Crippen LogP contribution in [-0.4, -0.2) is 23.5 Å². The number of carbonyl (C=O) groups excluding carboxylic acids is 2. The molecule has 0 saturated carbocycles. The van der Waals surface area contributed by atoms with Crippen LogP contribution in [0.5, 0.6) is 5.75 Å². The Kier molecular flexibility index (Phi) is 7.16. The molecule has 1 aromatic carbocycles. The van der Waals surface area contributed by atoms with Gasteiger partial charge in [0.2, 0.25) is 0 Å². The Morgan fingerprint density at radius 3 is 2.58 bits per heavy atom. The first kappa shape index (κ1) is 19.9. The zero-order valence-corrected chi connectivity index (χ0v) is 16.6. The summed E-state index contributed by atoms with van der Waals surface area (Å²) < 4.78 is 11.1. The van der Waals surface area contributed by atoms with E-state index in [1.165, 1.54) is 6.07 Å². The molecular formula is C17H18BrN3O4S. The summed E-state index contributed by atoms with van der Waals surface area (Å²) in [5, 5.41) is 2.30. The van der Waals surface area contributed by atoms with Gasteiger partial charge in [-0.05, 0) is 57.8 Å². The van der Waals surface area contributed by atoms with Crippen LogP contribution in [-0.2, 0) is 4.79 Å². The number of para-hydroxylation sites is 1. The lowest BCUT2D eigenvalue weighted by Crippen LogP contribution is -2.49. The molecule has 0 unspecified atom stereocenters. The SMILES string of the molecule is CC(C)c1ccccc1OCC(=O)NNC(=S)NC(=O)c1ccc(Br)o1. The zero-order chi connectivity index (χ0) is 19.1. The Balaban J connectivity index is 1.76. The van der Waals surface area contributed by atoms with Gasteiger partial charge in [0.15, 0.2) is 22.1 Å². The van der Waals surface area contributed by atoms with Gasteiger partial charge in [-0.3, -0.25) is 25.8 Å². The van der Waals surface area contributed by atoms with Crippen molar-refractivity contribution in [2.45, 2.75) is 19.8 Å². The number of hydrazine groups is 1. The van der Waals surface area contributed by atoms with Crippen molar-refractivity contribution in [2.24, 2.45) is 0 Å². The van der Waals surface area contributed by atoms with E-state index in [4.69, 9.17) is 21.4 Å². The quantitative estimate of drug-likeness (QED) is 0.489. The number of nitrogens with one attached hydrogen (secondary N) is 3. The van der Waals surface area contributed by atoms with Gasteiger partial charge in [-0.1, -0.05) is 32.0 Å². The van der Waals surface area contributed by atoms with Crippen LogP contribution in [0.1, 0.15) is 35.9 Å². The summed E-state index contributed by atoms with van der Waals surface area (Å²) in [6.45, 7) is 3.89. The van der Waals surface area contributed by atoms with E-state index < -0.39 is 11.8 Å². The minimum atomic E-state index is -0.537. The second-order valence-corrected chi connectivity index (χ2v) is 6.73. The van der Waals surface area contributed by atoms with Crippen molar-refractivity contribution in [3.05, 3.63) is 52.4 Å². The molecule has 7 nitrogen and oxygen atoms in total. The summed E-state index contributed by atoms with van der Waals surface area (Å²) in [6, 6.07) is 10.6. The maximum absolute atomic E-state index is 11.9. The number of hydrogen-bond acceptors (Lipinski definition) is 5. The average Bonchev–Trinajstić information content (AvgIpc) is 3.05. The lowest BCUT2D eigenvalue weighted by atomic mass is 10.0. The number of furan rings is 1. The Morgan fingerprint density at radius 1 is 1.19 bits per heavy atom. The first-order valence-corrected chi connectivity index (χ1v) is 8.94. The van der Waals surface area contributed by atoms with Crippen LogP contribution >= 0.6 is 28.1 Å². The van der Waals surface area contributed by atoms with Crippen LogP contribution in [0.4, 0.5) is 0 Å². The molecule has 0 spiro atoms. The van der Waals surface area contributed by atoms with Gasteiger partial charge < -0.3 is 9.15 Å². The Labute approximate surface area is 164 Å². The molecule has 0 saturated heterocycles. The van der Waals surface area contributed by atoms with Gasteiger partial charge in [-0.25, -0.2) is 0 Å². The van der Waals surface area contributed by atoms with Gasteiger partial charge in [0.1, 0.15) is 5.75 Å². The van der Waals surface area contributed by atoms with E-state index in [-0.39, 0.29) is 23.4 Å². The molecular weight excluding hydrogens is 422 g/mol. The van der Waals surface area contributed by atoms with Crippen molar-refractivity contribution in [1.29, 1.82) is 0 Å². The molecule has 2 rings (SSSR count). The van der Waals surface area contributed by atoms with Crippen LogP contribution < -0.4 is 20.9 Å². The fourth-order valence-electron chi connectivity index (χ4n) is 2.03. The molecule has 0 aliphatic heterocycles. The number of thiocarbonyl (C=S) groups is 1. The first-order valence-electron chi connectivity index (χ1n) is 7.74. The number of benzene rings is 1. The van der Waals surface area contributed by atoms with E-state index in [0.29, 0.717) is 10.4 Å². The summed E-state index contributed by atoms with van der Waals surface area (Å²) in [5.41, 5.74) is 5.80. The molecule has 1 aromatic heterocycles. The molecule has 0 aliphatic rings. The maximum atomic E-state index is 11.9. The van der Waals surface area contributed by atoms with E-state index >= 15 is 0 Å². The highest BCUT2D eigenvalue weighted by molar-refractivity contribution is 9.10. The van der Waals surface area contributed by atoms with E-state index in [9.17, 15) is 9.59 Å². The third-order valence-electron chi connectivity index (χ3n) is 3.24. The van der Waals surface area contributed by atoms with E-state index in [1.54, 1.807) is 6.07 Å². The van der Waals surface area contributed by atoms with Crippen molar-refractivity contribution in [3.63, 3.8) is 0 Å². The summed E-state index contributed by atoms with van der Waals surface area (Å²) in [7, 11) is 0. The van der Waals surface area contributed by atoms with Gasteiger partial charge in [0.25, 0.3) is 11.8 Å². The molecule has 0 aliphatic carbocycles. The van der Waals surface area contributed by atoms with Gasteiger partial charge in [-0.2, -0.15) is 0 Å². The molecule has 2 aromatic rings. The second-order valence-electron chi connectivity index (χ2n) is 5.54. The summed E-state index contributed by atoms with van der Waals surface area (Å²) in [6.07, 6.45) is 0. The molecule has 0 radical (unpaired) electrons. The van der Waals surface area contributed by atoms with Crippen molar-refractivity contribution in [1.82, 2.24) is 16.2 Å². The second kappa shape index (κ2) is 9.35. The molecule has 1 heterocycles. The molecule has 0 fully saturated rings. The molecule has 0 bridgehead atoms. The molecule has 0 atom stereocenters. The topological polar surface area (TPSA) is 92.6 Å². The number of rotatable bonds is 5. The monoisotopic (exact) mass is 439 g/mol. The molecule has 3 N–H and O–H groups in total. The number of carbonyl (C=O) groups is 2. The zero-order valence-electron chi connectivity index (χ0n) is 14.2. The third kappa shape index (κ3) is 5.85. The summed E-state index contributed by atoms with van der Waals surface area (Å²) in [5.74, 6) is 0.0279. The highest BCUT2D eigenvalue weighted by atomic mass is 79.9. The van der Waals surface area contributed by atoms with E-state index in [1.807, 2.05) is 38.1 Å².